The summed E-state index contributed by atoms with van der Waals surface area (Å²) in [6, 6.07) is 10.1. The van der Waals surface area contributed by atoms with Gasteiger partial charge in [0.2, 0.25) is 11.9 Å². The average Bonchev–Trinajstić information content (AvgIpc) is 2.77. The second-order valence-corrected chi connectivity index (χ2v) is 11.4. The third-order valence-corrected chi connectivity index (χ3v) is 6.52. The van der Waals surface area contributed by atoms with Gasteiger partial charge in [-0.05, 0) is 57.2 Å². The van der Waals surface area contributed by atoms with Gasteiger partial charge < -0.3 is 20.9 Å². The molecule has 2 aromatic rings. The van der Waals surface area contributed by atoms with E-state index in [1.807, 2.05) is 13.8 Å². The third kappa shape index (κ3) is 9.03. The molecule has 0 saturated carbocycles. The maximum atomic E-state index is 12.9. The van der Waals surface area contributed by atoms with Gasteiger partial charge in [0.15, 0.2) is 0 Å². The molecule has 0 atom stereocenters. The highest BCUT2D eigenvalue weighted by molar-refractivity contribution is 7.86. The molecule has 37 heavy (non-hydrogen) atoms. The summed E-state index contributed by atoms with van der Waals surface area (Å²) in [5.41, 5.74) is 11.6. The minimum absolute atomic E-state index is 0.0958. The van der Waals surface area contributed by atoms with Crippen LogP contribution in [0.2, 0.25) is 5.02 Å². The molecular weight excluding hydrogens is 553 g/mol. The van der Waals surface area contributed by atoms with Gasteiger partial charge in [0.1, 0.15) is 30.4 Å². The fourth-order valence-corrected chi connectivity index (χ4v) is 3.64. The van der Waals surface area contributed by atoms with Gasteiger partial charge >= 0.3 is 10.2 Å². The highest BCUT2D eigenvalue weighted by atomic mass is 35.5. The highest BCUT2D eigenvalue weighted by Gasteiger charge is 2.33. The van der Waals surface area contributed by atoms with Crippen molar-refractivity contribution in [1.82, 2.24) is 0 Å². The molecule has 0 aromatic heterocycles. The zero-order valence-corrected chi connectivity index (χ0v) is 22.5. The van der Waals surface area contributed by atoms with Gasteiger partial charge in [0, 0.05) is 6.07 Å². The number of halogens is 2. The average molecular weight is 580 g/mol. The molecule has 0 spiro atoms. The van der Waals surface area contributed by atoms with Gasteiger partial charge in [-0.3, -0.25) is 9.45 Å². The van der Waals surface area contributed by atoms with E-state index in [0.29, 0.717) is 22.2 Å². The quantitative estimate of drug-likeness (QED) is 0.238. The van der Waals surface area contributed by atoms with Crippen molar-refractivity contribution in [2.45, 2.75) is 31.3 Å². The Morgan fingerprint density at radius 2 is 1.62 bits per heavy atom. The molecule has 0 saturated heterocycles. The Morgan fingerprint density at radius 3 is 2.14 bits per heavy atom. The molecular formula is C21H27ClFN5O7S2. The van der Waals surface area contributed by atoms with Gasteiger partial charge in [-0.1, -0.05) is 11.6 Å². The van der Waals surface area contributed by atoms with Crippen molar-refractivity contribution < 1.29 is 34.7 Å². The van der Waals surface area contributed by atoms with Crippen LogP contribution in [0.25, 0.3) is 0 Å². The third-order valence-electron chi connectivity index (χ3n) is 4.65. The van der Waals surface area contributed by atoms with Gasteiger partial charge in [0.05, 0.1) is 21.4 Å². The number of hydrogen-bond donors (Lipinski definition) is 3. The highest BCUT2D eigenvalue weighted by Crippen LogP contribution is 2.34. The molecule has 5 N–H and O–H groups in total. The summed E-state index contributed by atoms with van der Waals surface area (Å²) in [4.78, 5) is 9.58. The second-order valence-electron chi connectivity index (χ2n) is 7.86. The van der Waals surface area contributed by atoms with E-state index in [4.69, 9.17) is 37.1 Å². The number of aliphatic imine (C=N–C) groups is 2. The van der Waals surface area contributed by atoms with E-state index in [2.05, 4.69) is 9.98 Å². The Balaban J connectivity index is 0.000000717. The lowest BCUT2D eigenvalue weighted by Gasteiger charge is -2.38. The first kappa shape index (κ1) is 30.1. The van der Waals surface area contributed by atoms with Gasteiger partial charge in [0.25, 0.3) is 10.1 Å². The minimum Gasteiger partial charge on any atom is -0.490 e. The van der Waals surface area contributed by atoms with Crippen LogP contribution in [0, 0.1) is 0 Å². The number of nitrogens with two attached hydrogens (primary N) is 2. The van der Waals surface area contributed by atoms with Gasteiger partial charge in [-0.2, -0.15) is 21.8 Å². The Bertz CT molecular complexity index is 1380. The Kier molecular flexibility index (Phi) is 9.71. The van der Waals surface area contributed by atoms with Crippen LogP contribution in [0.1, 0.15) is 20.8 Å². The first-order valence-electron chi connectivity index (χ1n) is 10.6. The Labute approximate surface area is 219 Å². The molecule has 1 heterocycles. The largest absolute Gasteiger partial charge is 0.490 e. The van der Waals surface area contributed by atoms with Crippen LogP contribution in [0.15, 0.2) is 57.3 Å². The van der Waals surface area contributed by atoms with Crippen molar-refractivity contribution >= 4 is 49.5 Å². The first-order valence-corrected chi connectivity index (χ1v) is 14.0. The van der Waals surface area contributed by atoms with Crippen LogP contribution in [0.4, 0.5) is 9.57 Å². The fourth-order valence-electron chi connectivity index (χ4n) is 3.00. The van der Waals surface area contributed by atoms with Crippen LogP contribution in [0.5, 0.6) is 11.5 Å². The Hall–Kier alpha value is -3.14. The maximum absolute atomic E-state index is 12.9. The molecule has 204 valence electrons. The monoisotopic (exact) mass is 579 g/mol. The van der Waals surface area contributed by atoms with Crippen molar-refractivity contribution in [2.75, 3.05) is 23.9 Å². The molecule has 16 heteroatoms. The predicted octanol–water partition coefficient (Wildman–Crippen LogP) is 2.54. The van der Waals surface area contributed by atoms with E-state index in [-0.39, 0.29) is 30.9 Å². The number of hydrogen-bond acceptors (Lipinski definition) is 11. The van der Waals surface area contributed by atoms with E-state index in [9.17, 15) is 20.7 Å². The first-order chi connectivity index (χ1) is 17.0. The standard InChI is InChI=1S/C19H21ClFN5O4S.C2H6O3S/c1-19(2)25-17(22)24-18(23)26(19)12-3-8-15(20)16(11-12)30-10-9-29-13-4-6-14(7-5-13)31(21,27)28;1-2-6(3,4)5/h3-8,11H,9-10H2,1-2H3,(H4,22,23,24,25);2H2,1H3,(H,3,4,5). The number of rotatable bonds is 8. The number of nitrogens with zero attached hydrogens (tertiary/aromatic N) is 3. The summed E-state index contributed by atoms with van der Waals surface area (Å²) in [6.45, 7) is 5.33. The SMILES string of the molecule is CC1(C)N=C(N)N=C(N)N1c1ccc(Cl)c(OCCOc2ccc(S(=O)(=O)F)cc2)c1.CCS(=O)(=O)O. The molecule has 0 amide bonds. The number of guanidine groups is 2. The summed E-state index contributed by atoms with van der Waals surface area (Å²) in [7, 11) is -8.41. The van der Waals surface area contributed by atoms with E-state index < -0.39 is 30.9 Å². The second kappa shape index (κ2) is 11.9. The topological polar surface area (TPSA) is 187 Å². The van der Waals surface area contributed by atoms with Crippen molar-refractivity contribution in [1.29, 1.82) is 0 Å². The summed E-state index contributed by atoms with van der Waals surface area (Å²) >= 11 is 6.24. The molecule has 1 aliphatic rings. The zero-order valence-electron chi connectivity index (χ0n) is 20.1. The summed E-state index contributed by atoms with van der Waals surface area (Å²) in [5.74, 6) is 0.844. The lowest BCUT2D eigenvalue weighted by atomic mass is 10.1. The normalized spacial score (nSPS) is 15.1. The van der Waals surface area contributed by atoms with Gasteiger partial charge in [-0.25, -0.2) is 4.99 Å². The number of anilines is 1. The fraction of sp³-hybridized carbons (Fsp3) is 0.333. The molecule has 3 rings (SSSR count). The molecule has 0 aliphatic carbocycles. The van der Waals surface area contributed by atoms with Crippen molar-refractivity contribution in [3.8, 4) is 11.5 Å². The van der Waals surface area contributed by atoms with Crippen LogP contribution >= 0.6 is 11.6 Å². The molecule has 0 unspecified atom stereocenters. The summed E-state index contributed by atoms with van der Waals surface area (Å²) in [5, 5.41) is 0.384. The van der Waals surface area contributed by atoms with Crippen molar-refractivity contribution in [3.63, 3.8) is 0 Å². The lowest BCUT2D eigenvalue weighted by molar-refractivity contribution is 0.217. The minimum atomic E-state index is -4.75. The predicted molar refractivity (Wildman–Crippen MR) is 139 cm³/mol. The molecule has 1 aliphatic heterocycles. The molecule has 0 bridgehead atoms. The number of ether oxygens (including phenoxy) is 2. The van der Waals surface area contributed by atoms with Crippen molar-refractivity contribution in [3.05, 3.63) is 47.5 Å². The Morgan fingerprint density at radius 1 is 1.05 bits per heavy atom. The summed E-state index contributed by atoms with van der Waals surface area (Å²) in [6.07, 6.45) is 0. The molecule has 2 aromatic carbocycles. The van der Waals surface area contributed by atoms with Crippen LogP contribution < -0.4 is 25.8 Å². The molecule has 12 nitrogen and oxygen atoms in total. The zero-order chi connectivity index (χ0) is 28.0. The maximum Gasteiger partial charge on any atom is 0.332 e. The van der Waals surface area contributed by atoms with Gasteiger partial charge in [-0.15, -0.1) is 3.89 Å². The van der Waals surface area contributed by atoms with Crippen LogP contribution in [0.3, 0.4) is 0 Å². The molecule has 0 fully saturated rings. The molecule has 0 radical (unpaired) electrons. The van der Waals surface area contributed by atoms with Crippen LogP contribution in [-0.4, -0.2) is 57.9 Å². The lowest BCUT2D eigenvalue weighted by Crippen LogP contribution is -2.54. The van der Waals surface area contributed by atoms with Crippen LogP contribution in [-0.2, 0) is 20.3 Å². The van der Waals surface area contributed by atoms with E-state index in [1.54, 1.807) is 23.1 Å². The van der Waals surface area contributed by atoms with Crippen molar-refractivity contribution in [2.24, 2.45) is 21.5 Å². The van der Waals surface area contributed by atoms with E-state index in [1.165, 1.54) is 19.1 Å². The van der Waals surface area contributed by atoms with E-state index in [0.717, 1.165) is 12.1 Å². The smallest absolute Gasteiger partial charge is 0.332 e. The summed E-state index contributed by atoms with van der Waals surface area (Å²) < 4.78 is 72.7. The van der Waals surface area contributed by atoms with E-state index >= 15 is 0 Å². The number of benzene rings is 2.